The number of rotatable bonds is 2. The maximum absolute atomic E-state index is 7.45. The van der Waals surface area contributed by atoms with Gasteiger partial charge in [-0.2, -0.15) is 0 Å². The topological polar surface area (TPSA) is 27.1 Å². The molecule has 1 aliphatic carbocycles. The highest BCUT2D eigenvalue weighted by atomic mass is 15.2. The molecule has 0 heterocycles. The second kappa shape index (κ2) is 3.24. The van der Waals surface area contributed by atoms with Gasteiger partial charge in [-0.1, -0.05) is 6.42 Å². The average Bonchev–Trinajstić information content (AvgIpc) is 1.82. The summed E-state index contributed by atoms with van der Waals surface area (Å²) in [7, 11) is 2.02. The highest BCUT2D eigenvalue weighted by molar-refractivity contribution is 5.76. The fraction of sp³-hybridized carbons (Fsp3) is 0.889. The van der Waals surface area contributed by atoms with Crippen molar-refractivity contribution in [1.29, 1.82) is 5.41 Å². The third-order valence-corrected chi connectivity index (χ3v) is 2.97. The van der Waals surface area contributed by atoms with E-state index in [1.54, 1.807) is 0 Å². The molecule has 0 spiro atoms. The van der Waals surface area contributed by atoms with Crippen LogP contribution in [0, 0.1) is 11.3 Å². The molecule has 1 unspecified atom stereocenters. The van der Waals surface area contributed by atoms with Gasteiger partial charge >= 0.3 is 0 Å². The number of hydrogen-bond donors (Lipinski definition) is 1. The van der Waals surface area contributed by atoms with Crippen molar-refractivity contribution in [2.75, 3.05) is 7.05 Å². The van der Waals surface area contributed by atoms with Crippen LogP contribution < -0.4 is 0 Å². The summed E-state index contributed by atoms with van der Waals surface area (Å²) in [6.45, 7) is 4.08. The van der Waals surface area contributed by atoms with Crippen LogP contribution in [0.25, 0.3) is 0 Å². The van der Waals surface area contributed by atoms with Crippen molar-refractivity contribution >= 4 is 5.84 Å². The lowest BCUT2D eigenvalue weighted by molar-refractivity contribution is 0.184. The van der Waals surface area contributed by atoms with Crippen LogP contribution in [0.4, 0.5) is 0 Å². The maximum Gasteiger partial charge on any atom is 0.0925 e. The Kier molecular flexibility index (Phi) is 2.53. The lowest BCUT2D eigenvalue weighted by Crippen LogP contribution is -2.40. The molecule has 0 radical (unpaired) electrons. The third kappa shape index (κ3) is 1.73. The third-order valence-electron chi connectivity index (χ3n) is 2.97. The molecule has 0 aliphatic heterocycles. The summed E-state index contributed by atoms with van der Waals surface area (Å²) in [6, 6.07) is 0.571. The molecule has 0 aromatic heterocycles. The monoisotopic (exact) mass is 154 g/mol. The zero-order chi connectivity index (χ0) is 8.43. The van der Waals surface area contributed by atoms with Crippen molar-refractivity contribution in [3.05, 3.63) is 0 Å². The van der Waals surface area contributed by atoms with E-state index in [1.165, 1.54) is 19.3 Å². The van der Waals surface area contributed by atoms with Crippen molar-refractivity contribution in [2.45, 2.75) is 39.2 Å². The number of amidine groups is 1. The zero-order valence-electron chi connectivity index (χ0n) is 7.72. The lowest BCUT2D eigenvalue weighted by Gasteiger charge is -2.37. The standard InChI is InChI=1S/C9H18N2/c1-7(9-5-4-6-9)11(3)8(2)10/h7,9-10H,4-6H2,1-3H3. The Bertz CT molecular complexity index is 150. The fourth-order valence-electron chi connectivity index (χ4n) is 1.54. The molecule has 0 aromatic carbocycles. The second-order valence-electron chi connectivity index (χ2n) is 3.63. The highest BCUT2D eigenvalue weighted by Gasteiger charge is 2.26. The van der Waals surface area contributed by atoms with Gasteiger partial charge in [0.1, 0.15) is 0 Å². The molecule has 1 aliphatic rings. The first-order valence-corrected chi connectivity index (χ1v) is 4.41. The molecular formula is C9H18N2. The minimum absolute atomic E-state index is 0.571. The van der Waals surface area contributed by atoms with Gasteiger partial charge in [0.15, 0.2) is 0 Å². The highest BCUT2D eigenvalue weighted by Crippen LogP contribution is 2.31. The van der Waals surface area contributed by atoms with Crippen LogP contribution in [0.1, 0.15) is 33.1 Å². The molecular weight excluding hydrogens is 136 g/mol. The summed E-state index contributed by atoms with van der Waals surface area (Å²) in [4.78, 5) is 2.07. The van der Waals surface area contributed by atoms with Crippen LogP contribution in [0.2, 0.25) is 0 Å². The van der Waals surface area contributed by atoms with E-state index in [0.717, 1.165) is 5.92 Å². The predicted molar refractivity (Wildman–Crippen MR) is 48.0 cm³/mol. The summed E-state index contributed by atoms with van der Waals surface area (Å²) in [5, 5.41) is 7.45. The molecule has 2 heteroatoms. The van der Waals surface area contributed by atoms with Crippen molar-refractivity contribution in [3.8, 4) is 0 Å². The minimum atomic E-state index is 0.571. The van der Waals surface area contributed by atoms with Gasteiger partial charge in [-0.15, -0.1) is 0 Å². The largest absolute Gasteiger partial charge is 0.361 e. The van der Waals surface area contributed by atoms with Gasteiger partial charge in [0.05, 0.1) is 5.84 Å². The van der Waals surface area contributed by atoms with Crippen molar-refractivity contribution in [3.63, 3.8) is 0 Å². The van der Waals surface area contributed by atoms with E-state index < -0.39 is 0 Å². The van der Waals surface area contributed by atoms with Gasteiger partial charge in [-0.25, -0.2) is 0 Å². The van der Waals surface area contributed by atoms with E-state index in [2.05, 4.69) is 11.8 Å². The van der Waals surface area contributed by atoms with Gasteiger partial charge in [-0.05, 0) is 32.6 Å². The molecule has 64 valence electrons. The van der Waals surface area contributed by atoms with E-state index in [4.69, 9.17) is 5.41 Å². The number of nitrogens with zero attached hydrogens (tertiary/aromatic N) is 1. The maximum atomic E-state index is 7.45. The molecule has 0 aromatic rings. The molecule has 1 atom stereocenters. The van der Waals surface area contributed by atoms with E-state index in [9.17, 15) is 0 Å². The van der Waals surface area contributed by atoms with Crippen molar-refractivity contribution < 1.29 is 0 Å². The van der Waals surface area contributed by atoms with Crippen LogP contribution in [-0.4, -0.2) is 23.8 Å². The van der Waals surface area contributed by atoms with Gasteiger partial charge < -0.3 is 4.90 Å². The Hall–Kier alpha value is -0.530. The number of hydrogen-bond acceptors (Lipinski definition) is 1. The first kappa shape index (κ1) is 8.57. The Balaban J connectivity index is 2.38. The number of nitrogens with one attached hydrogen (secondary N) is 1. The summed E-state index contributed by atoms with van der Waals surface area (Å²) >= 11 is 0. The molecule has 1 saturated carbocycles. The SMILES string of the molecule is CC(=N)N(C)C(C)C1CCC1. The molecule has 0 bridgehead atoms. The summed E-state index contributed by atoms with van der Waals surface area (Å²) in [6.07, 6.45) is 4.11. The first-order chi connectivity index (χ1) is 5.13. The molecule has 1 rings (SSSR count). The van der Waals surface area contributed by atoms with Crippen LogP contribution in [-0.2, 0) is 0 Å². The average molecular weight is 154 g/mol. The van der Waals surface area contributed by atoms with Crippen LogP contribution in [0.5, 0.6) is 0 Å². The van der Waals surface area contributed by atoms with Gasteiger partial charge in [0.25, 0.3) is 0 Å². The van der Waals surface area contributed by atoms with E-state index >= 15 is 0 Å². The molecule has 1 fully saturated rings. The minimum Gasteiger partial charge on any atom is -0.361 e. The van der Waals surface area contributed by atoms with Crippen LogP contribution in [0.3, 0.4) is 0 Å². The van der Waals surface area contributed by atoms with E-state index in [-0.39, 0.29) is 0 Å². The summed E-state index contributed by atoms with van der Waals surface area (Å²) < 4.78 is 0. The molecule has 11 heavy (non-hydrogen) atoms. The molecule has 0 saturated heterocycles. The fourth-order valence-corrected chi connectivity index (χ4v) is 1.54. The zero-order valence-corrected chi connectivity index (χ0v) is 7.72. The molecule has 1 N–H and O–H groups in total. The smallest absolute Gasteiger partial charge is 0.0925 e. The van der Waals surface area contributed by atoms with Gasteiger partial charge in [-0.3, -0.25) is 5.41 Å². The van der Waals surface area contributed by atoms with Crippen LogP contribution in [0.15, 0.2) is 0 Å². The van der Waals surface area contributed by atoms with Gasteiger partial charge in [0.2, 0.25) is 0 Å². The normalized spacial score (nSPS) is 20.6. The van der Waals surface area contributed by atoms with Crippen LogP contribution >= 0.6 is 0 Å². The van der Waals surface area contributed by atoms with Crippen molar-refractivity contribution in [2.24, 2.45) is 5.92 Å². The quantitative estimate of drug-likeness (QED) is 0.478. The summed E-state index contributed by atoms with van der Waals surface area (Å²) in [5.41, 5.74) is 0. The lowest BCUT2D eigenvalue weighted by atomic mass is 9.80. The molecule has 2 nitrogen and oxygen atoms in total. The Morgan fingerprint density at radius 3 is 2.36 bits per heavy atom. The van der Waals surface area contributed by atoms with Crippen molar-refractivity contribution in [1.82, 2.24) is 4.90 Å². The Morgan fingerprint density at radius 2 is 2.09 bits per heavy atom. The summed E-state index contributed by atoms with van der Waals surface area (Å²) in [5.74, 6) is 1.53. The Labute approximate surface area is 69.1 Å². The van der Waals surface area contributed by atoms with E-state index in [1.807, 2.05) is 14.0 Å². The molecule has 0 amide bonds. The predicted octanol–water partition coefficient (Wildman–Crippen LogP) is 2.10. The second-order valence-corrected chi connectivity index (χ2v) is 3.63. The Morgan fingerprint density at radius 1 is 1.55 bits per heavy atom. The van der Waals surface area contributed by atoms with E-state index in [0.29, 0.717) is 11.9 Å². The first-order valence-electron chi connectivity index (χ1n) is 4.41. The van der Waals surface area contributed by atoms with Gasteiger partial charge in [0, 0.05) is 13.1 Å².